The first kappa shape index (κ1) is 17.5. The second kappa shape index (κ2) is 6.53. The summed E-state index contributed by atoms with van der Waals surface area (Å²) in [6.45, 7) is 3.90. The molecular weight excluding hydrogens is 363 g/mol. The monoisotopic (exact) mass is 378 g/mol. The van der Waals surface area contributed by atoms with Crippen molar-refractivity contribution in [3.05, 3.63) is 53.3 Å². The summed E-state index contributed by atoms with van der Waals surface area (Å²) >= 11 is 1.29. The number of aromatic nitrogens is 1. The third kappa shape index (κ3) is 3.85. The molecule has 8 heteroatoms. The third-order valence-corrected chi connectivity index (χ3v) is 6.12. The molecule has 1 heterocycles. The van der Waals surface area contributed by atoms with Crippen LogP contribution >= 0.6 is 11.3 Å². The van der Waals surface area contributed by atoms with E-state index in [2.05, 4.69) is 10.3 Å². The van der Waals surface area contributed by atoms with Crippen molar-refractivity contribution in [3.8, 4) is 0 Å². The Morgan fingerprint density at radius 2 is 1.88 bits per heavy atom. The number of hydrogen-bond acceptors (Lipinski definition) is 5. The molecule has 1 aromatic heterocycles. The van der Waals surface area contributed by atoms with Crippen LogP contribution in [0, 0.1) is 19.7 Å². The third-order valence-electron chi connectivity index (χ3n) is 3.57. The van der Waals surface area contributed by atoms with Gasteiger partial charge in [-0.15, -0.1) is 0 Å². The van der Waals surface area contributed by atoms with Crippen molar-refractivity contribution in [2.75, 3.05) is 11.1 Å². The van der Waals surface area contributed by atoms with Gasteiger partial charge in [0, 0.05) is 0 Å². The van der Waals surface area contributed by atoms with Gasteiger partial charge < -0.3 is 5.32 Å². The number of amides is 1. The Kier molecular flexibility index (Phi) is 4.57. The first-order valence-electron chi connectivity index (χ1n) is 7.40. The molecule has 0 radical (unpaired) electrons. The maximum Gasteiger partial charge on any atom is 0.241 e. The number of nitrogens with zero attached hydrogens (tertiary/aromatic N) is 1. The van der Waals surface area contributed by atoms with E-state index in [1.807, 2.05) is 26.0 Å². The fourth-order valence-corrected chi connectivity index (χ4v) is 4.67. The molecule has 25 heavy (non-hydrogen) atoms. The minimum Gasteiger partial charge on any atom is -0.301 e. The fourth-order valence-electron chi connectivity index (χ4n) is 2.48. The number of nitrogens with one attached hydrogen (secondary N) is 1. The van der Waals surface area contributed by atoms with Crippen LogP contribution in [0.1, 0.15) is 11.1 Å². The van der Waals surface area contributed by atoms with E-state index in [9.17, 15) is 17.6 Å². The Labute approximate surface area is 148 Å². The summed E-state index contributed by atoms with van der Waals surface area (Å²) in [5.74, 6) is -1.95. The molecular formula is C17H15FN2O3S2. The molecule has 0 spiro atoms. The number of hydrogen-bond donors (Lipinski definition) is 1. The van der Waals surface area contributed by atoms with Crippen molar-refractivity contribution in [3.63, 3.8) is 0 Å². The van der Waals surface area contributed by atoms with Gasteiger partial charge in [-0.3, -0.25) is 4.79 Å². The van der Waals surface area contributed by atoms with Gasteiger partial charge >= 0.3 is 0 Å². The number of sulfone groups is 1. The van der Waals surface area contributed by atoms with Gasteiger partial charge in [-0.1, -0.05) is 17.4 Å². The zero-order valence-electron chi connectivity index (χ0n) is 13.5. The van der Waals surface area contributed by atoms with Crippen molar-refractivity contribution in [1.29, 1.82) is 0 Å². The van der Waals surface area contributed by atoms with Gasteiger partial charge in [0.25, 0.3) is 0 Å². The van der Waals surface area contributed by atoms with Crippen LogP contribution < -0.4 is 5.32 Å². The van der Waals surface area contributed by atoms with Crippen molar-refractivity contribution < 1.29 is 17.6 Å². The quantitative estimate of drug-likeness (QED) is 0.706. The Hall–Kier alpha value is -2.32. The minimum absolute atomic E-state index is 0.0974. The van der Waals surface area contributed by atoms with Gasteiger partial charge in [0.2, 0.25) is 5.91 Å². The Balaban J connectivity index is 1.78. The predicted octanol–water partition coefficient (Wildman–Crippen LogP) is 3.46. The van der Waals surface area contributed by atoms with E-state index >= 15 is 0 Å². The second-order valence-electron chi connectivity index (χ2n) is 5.71. The molecule has 0 saturated heterocycles. The van der Waals surface area contributed by atoms with Crippen LogP contribution in [0.2, 0.25) is 0 Å². The molecule has 130 valence electrons. The molecule has 0 atom stereocenters. The van der Waals surface area contributed by atoms with Crippen molar-refractivity contribution in [2.24, 2.45) is 0 Å². The van der Waals surface area contributed by atoms with E-state index in [0.717, 1.165) is 45.6 Å². The summed E-state index contributed by atoms with van der Waals surface area (Å²) in [7, 11) is -3.84. The van der Waals surface area contributed by atoms with E-state index in [4.69, 9.17) is 0 Å². The topological polar surface area (TPSA) is 76.1 Å². The average molecular weight is 378 g/mol. The molecule has 5 nitrogen and oxygen atoms in total. The lowest BCUT2D eigenvalue weighted by Gasteiger charge is -2.04. The van der Waals surface area contributed by atoms with Crippen LogP contribution in [0.15, 0.2) is 41.3 Å². The lowest BCUT2D eigenvalue weighted by molar-refractivity contribution is -0.113. The molecule has 3 rings (SSSR count). The van der Waals surface area contributed by atoms with Gasteiger partial charge in [-0.25, -0.2) is 17.8 Å². The van der Waals surface area contributed by atoms with Crippen LogP contribution in [0.3, 0.4) is 0 Å². The maximum atomic E-state index is 12.9. The average Bonchev–Trinajstić information content (AvgIpc) is 2.89. The van der Waals surface area contributed by atoms with Crippen molar-refractivity contribution in [1.82, 2.24) is 4.98 Å². The van der Waals surface area contributed by atoms with Crippen LogP contribution in [0.25, 0.3) is 10.2 Å². The maximum absolute atomic E-state index is 12.9. The zero-order valence-corrected chi connectivity index (χ0v) is 15.2. The Morgan fingerprint density at radius 3 is 2.56 bits per heavy atom. The van der Waals surface area contributed by atoms with E-state index < -0.39 is 27.3 Å². The van der Waals surface area contributed by atoms with Gasteiger partial charge in [0.05, 0.1) is 15.1 Å². The summed E-state index contributed by atoms with van der Waals surface area (Å²) in [6.07, 6.45) is 0. The number of thiazole rings is 1. The number of fused-ring (bicyclic) bond motifs is 1. The molecule has 1 N–H and O–H groups in total. The Bertz CT molecular complexity index is 1060. The SMILES string of the molecule is Cc1cc(C)c2nc(NC(=O)CS(=O)(=O)c3ccc(F)cc3)sc2c1. The zero-order chi connectivity index (χ0) is 18.2. The number of carbonyl (C=O) groups excluding carboxylic acids is 1. The standard InChI is InChI=1S/C17H15FN2O3S2/c1-10-7-11(2)16-14(8-10)24-17(20-16)19-15(21)9-25(22,23)13-5-3-12(18)4-6-13/h3-8H,9H2,1-2H3,(H,19,20,21). The molecule has 1 amide bonds. The second-order valence-corrected chi connectivity index (χ2v) is 8.73. The molecule has 0 unspecified atom stereocenters. The van der Waals surface area contributed by atoms with Gasteiger partial charge in [-0.05, 0) is 55.3 Å². The summed E-state index contributed by atoms with van der Waals surface area (Å²) in [5, 5.41) is 2.88. The van der Waals surface area contributed by atoms with E-state index in [0.29, 0.717) is 5.13 Å². The predicted molar refractivity (Wildman–Crippen MR) is 96.2 cm³/mol. The fraction of sp³-hybridized carbons (Fsp3) is 0.176. The van der Waals surface area contributed by atoms with Gasteiger partial charge in [0.15, 0.2) is 15.0 Å². The molecule has 0 aliphatic rings. The van der Waals surface area contributed by atoms with Crippen molar-refractivity contribution >= 4 is 42.4 Å². The first-order chi connectivity index (χ1) is 11.7. The lowest BCUT2D eigenvalue weighted by atomic mass is 10.1. The summed E-state index contributed by atoms with van der Waals surface area (Å²) in [6, 6.07) is 8.33. The van der Waals surface area contributed by atoms with Crippen molar-refractivity contribution in [2.45, 2.75) is 18.7 Å². The van der Waals surface area contributed by atoms with Crippen LogP contribution in [-0.4, -0.2) is 25.1 Å². The normalized spacial score (nSPS) is 11.6. The number of carbonyl (C=O) groups is 1. The highest BCUT2D eigenvalue weighted by atomic mass is 32.2. The lowest BCUT2D eigenvalue weighted by Crippen LogP contribution is -2.22. The molecule has 2 aromatic carbocycles. The number of benzene rings is 2. The first-order valence-corrected chi connectivity index (χ1v) is 9.87. The number of anilines is 1. The summed E-state index contributed by atoms with van der Waals surface area (Å²) < 4.78 is 38.3. The smallest absolute Gasteiger partial charge is 0.241 e. The van der Waals surface area contributed by atoms with Crippen LogP contribution in [-0.2, 0) is 14.6 Å². The van der Waals surface area contributed by atoms with E-state index in [1.54, 1.807) is 0 Å². The molecule has 0 aliphatic heterocycles. The number of rotatable bonds is 4. The summed E-state index contributed by atoms with van der Waals surface area (Å²) in [5.41, 5.74) is 2.86. The van der Waals surface area contributed by atoms with Gasteiger partial charge in [0.1, 0.15) is 11.6 Å². The number of aryl methyl sites for hydroxylation is 2. The molecule has 3 aromatic rings. The highest BCUT2D eigenvalue weighted by Gasteiger charge is 2.20. The van der Waals surface area contributed by atoms with Crippen LogP contribution in [0.4, 0.5) is 9.52 Å². The molecule has 0 bridgehead atoms. The highest BCUT2D eigenvalue weighted by molar-refractivity contribution is 7.92. The van der Waals surface area contributed by atoms with E-state index in [1.165, 1.54) is 11.3 Å². The highest BCUT2D eigenvalue weighted by Crippen LogP contribution is 2.29. The Morgan fingerprint density at radius 1 is 1.20 bits per heavy atom. The van der Waals surface area contributed by atoms with Crippen LogP contribution in [0.5, 0.6) is 0 Å². The van der Waals surface area contributed by atoms with Gasteiger partial charge in [-0.2, -0.15) is 0 Å². The molecule has 0 saturated carbocycles. The number of halogens is 1. The molecule has 0 fully saturated rings. The molecule has 0 aliphatic carbocycles. The van der Waals surface area contributed by atoms with E-state index in [-0.39, 0.29) is 4.90 Å². The minimum atomic E-state index is -3.84. The largest absolute Gasteiger partial charge is 0.301 e. The summed E-state index contributed by atoms with van der Waals surface area (Å²) in [4.78, 5) is 16.4.